The Bertz CT molecular complexity index is 579. The van der Waals surface area contributed by atoms with Crippen molar-refractivity contribution in [2.45, 2.75) is 20.3 Å². The van der Waals surface area contributed by atoms with Gasteiger partial charge in [0.15, 0.2) is 0 Å². The van der Waals surface area contributed by atoms with Crippen LogP contribution in [0, 0.1) is 6.92 Å². The molecule has 0 saturated heterocycles. The Morgan fingerprint density at radius 3 is 2.45 bits per heavy atom. The summed E-state index contributed by atoms with van der Waals surface area (Å²) in [5, 5.41) is 6.22. The number of carbonyl (C=O) groups excluding carboxylic acids is 1. The number of rotatable bonds is 5. The van der Waals surface area contributed by atoms with Crippen molar-refractivity contribution in [3.63, 3.8) is 0 Å². The van der Waals surface area contributed by atoms with Crippen LogP contribution < -0.4 is 10.6 Å². The van der Waals surface area contributed by atoms with E-state index in [4.69, 9.17) is 0 Å². The number of aryl methyl sites for hydroxylation is 1. The maximum atomic E-state index is 12.2. The molecule has 3 nitrogen and oxygen atoms in total. The van der Waals surface area contributed by atoms with E-state index < -0.39 is 0 Å². The van der Waals surface area contributed by atoms with Crippen molar-refractivity contribution in [3.8, 4) is 0 Å². The number of anilines is 2. The minimum Gasteiger partial charge on any atom is -0.385 e. The first-order chi connectivity index (χ1) is 9.70. The van der Waals surface area contributed by atoms with Crippen molar-refractivity contribution >= 4 is 17.3 Å². The quantitative estimate of drug-likeness (QED) is 0.858. The molecule has 3 heteroatoms. The molecule has 0 spiro atoms. The van der Waals surface area contributed by atoms with Gasteiger partial charge in [0.1, 0.15) is 0 Å². The van der Waals surface area contributed by atoms with Crippen molar-refractivity contribution < 1.29 is 4.79 Å². The summed E-state index contributed by atoms with van der Waals surface area (Å²) < 4.78 is 0. The monoisotopic (exact) mass is 268 g/mol. The highest BCUT2D eigenvalue weighted by Crippen LogP contribution is 2.17. The Kier molecular flexibility index (Phi) is 4.77. The van der Waals surface area contributed by atoms with Gasteiger partial charge in [0.2, 0.25) is 0 Å². The molecule has 0 aromatic heterocycles. The third-order valence-electron chi connectivity index (χ3n) is 3.08. The molecule has 0 bridgehead atoms. The lowest BCUT2D eigenvalue weighted by atomic mass is 10.1. The fourth-order valence-corrected chi connectivity index (χ4v) is 2.02. The Morgan fingerprint density at radius 2 is 1.80 bits per heavy atom. The predicted molar refractivity (Wildman–Crippen MR) is 84.4 cm³/mol. The normalized spacial score (nSPS) is 10.1. The van der Waals surface area contributed by atoms with E-state index in [0.717, 1.165) is 29.9 Å². The first kappa shape index (κ1) is 14.1. The average molecular weight is 268 g/mol. The summed E-state index contributed by atoms with van der Waals surface area (Å²) in [6.45, 7) is 5.02. The lowest BCUT2D eigenvalue weighted by Gasteiger charge is -2.10. The third-order valence-corrected chi connectivity index (χ3v) is 3.08. The first-order valence-electron chi connectivity index (χ1n) is 6.91. The van der Waals surface area contributed by atoms with Gasteiger partial charge in [-0.15, -0.1) is 0 Å². The lowest BCUT2D eigenvalue weighted by molar-refractivity contribution is 0.102. The minimum absolute atomic E-state index is 0.0734. The van der Waals surface area contributed by atoms with Crippen molar-refractivity contribution in [1.29, 1.82) is 0 Å². The lowest BCUT2D eigenvalue weighted by Crippen LogP contribution is -2.13. The summed E-state index contributed by atoms with van der Waals surface area (Å²) in [7, 11) is 0. The number of carbonyl (C=O) groups is 1. The van der Waals surface area contributed by atoms with E-state index in [0.29, 0.717) is 5.56 Å². The molecule has 2 N–H and O–H groups in total. The Balaban J connectivity index is 2.10. The summed E-state index contributed by atoms with van der Waals surface area (Å²) in [6, 6.07) is 15.3. The summed E-state index contributed by atoms with van der Waals surface area (Å²) >= 11 is 0. The zero-order valence-corrected chi connectivity index (χ0v) is 11.9. The number of hydrogen-bond donors (Lipinski definition) is 2. The van der Waals surface area contributed by atoms with Gasteiger partial charge in [0.25, 0.3) is 5.91 Å². The molecule has 0 heterocycles. The van der Waals surface area contributed by atoms with Gasteiger partial charge in [-0.25, -0.2) is 0 Å². The second-order valence-electron chi connectivity index (χ2n) is 4.78. The molecule has 2 aromatic rings. The van der Waals surface area contributed by atoms with Crippen LogP contribution in [0.5, 0.6) is 0 Å². The molecule has 0 saturated carbocycles. The van der Waals surface area contributed by atoms with Gasteiger partial charge in [-0.3, -0.25) is 4.79 Å². The van der Waals surface area contributed by atoms with Gasteiger partial charge in [-0.1, -0.05) is 25.1 Å². The molecular weight excluding hydrogens is 248 g/mol. The Labute approximate surface area is 120 Å². The number of hydrogen-bond acceptors (Lipinski definition) is 2. The van der Waals surface area contributed by atoms with Crippen LogP contribution in [0.15, 0.2) is 48.5 Å². The van der Waals surface area contributed by atoms with E-state index in [1.54, 1.807) is 0 Å². The summed E-state index contributed by atoms with van der Waals surface area (Å²) in [6.07, 6.45) is 1.08. The zero-order chi connectivity index (χ0) is 14.4. The molecule has 0 aliphatic carbocycles. The number of benzene rings is 2. The minimum atomic E-state index is -0.0734. The van der Waals surface area contributed by atoms with Gasteiger partial charge >= 0.3 is 0 Å². The van der Waals surface area contributed by atoms with Crippen molar-refractivity contribution in [3.05, 3.63) is 59.7 Å². The fourth-order valence-electron chi connectivity index (χ4n) is 2.02. The van der Waals surface area contributed by atoms with E-state index in [1.807, 2.05) is 55.5 Å². The van der Waals surface area contributed by atoms with Crippen LogP contribution in [-0.4, -0.2) is 12.5 Å². The SMILES string of the molecule is CCCNc1ccc(C(=O)Nc2ccccc2)c(C)c1. The number of amides is 1. The van der Waals surface area contributed by atoms with Gasteiger partial charge in [0.05, 0.1) is 0 Å². The smallest absolute Gasteiger partial charge is 0.255 e. The second kappa shape index (κ2) is 6.75. The van der Waals surface area contributed by atoms with Gasteiger partial charge in [-0.2, -0.15) is 0 Å². The van der Waals surface area contributed by atoms with Gasteiger partial charge < -0.3 is 10.6 Å². The van der Waals surface area contributed by atoms with Gasteiger partial charge in [-0.05, 0) is 49.2 Å². The number of para-hydroxylation sites is 1. The Morgan fingerprint density at radius 1 is 1.05 bits per heavy atom. The largest absolute Gasteiger partial charge is 0.385 e. The number of nitrogens with one attached hydrogen (secondary N) is 2. The highest BCUT2D eigenvalue weighted by atomic mass is 16.1. The van der Waals surface area contributed by atoms with Crippen LogP contribution in [0.4, 0.5) is 11.4 Å². The van der Waals surface area contributed by atoms with Crippen molar-refractivity contribution in [1.82, 2.24) is 0 Å². The molecule has 104 valence electrons. The average Bonchev–Trinajstić information content (AvgIpc) is 2.46. The highest BCUT2D eigenvalue weighted by molar-refractivity contribution is 6.05. The molecule has 2 rings (SSSR count). The second-order valence-corrected chi connectivity index (χ2v) is 4.78. The maximum Gasteiger partial charge on any atom is 0.255 e. The molecule has 0 aliphatic rings. The Hall–Kier alpha value is -2.29. The van der Waals surface area contributed by atoms with Crippen LogP contribution >= 0.6 is 0 Å². The highest BCUT2D eigenvalue weighted by Gasteiger charge is 2.09. The summed E-state index contributed by atoms with van der Waals surface area (Å²) in [5.41, 5.74) is 3.54. The van der Waals surface area contributed by atoms with Crippen molar-refractivity contribution in [2.24, 2.45) is 0 Å². The van der Waals surface area contributed by atoms with Crippen LogP contribution in [-0.2, 0) is 0 Å². The molecule has 0 aliphatic heterocycles. The van der Waals surface area contributed by atoms with E-state index in [1.165, 1.54) is 0 Å². The van der Waals surface area contributed by atoms with Crippen LogP contribution in [0.3, 0.4) is 0 Å². The van der Waals surface area contributed by atoms with E-state index >= 15 is 0 Å². The third kappa shape index (κ3) is 3.60. The molecule has 0 fully saturated rings. The predicted octanol–water partition coefficient (Wildman–Crippen LogP) is 4.07. The van der Waals surface area contributed by atoms with Crippen LogP contribution in [0.25, 0.3) is 0 Å². The molecule has 0 atom stereocenters. The van der Waals surface area contributed by atoms with Gasteiger partial charge in [0, 0.05) is 23.5 Å². The fraction of sp³-hybridized carbons (Fsp3) is 0.235. The van der Waals surface area contributed by atoms with E-state index in [2.05, 4.69) is 17.6 Å². The van der Waals surface area contributed by atoms with E-state index in [-0.39, 0.29) is 5.91 Å². The topological polar surface area (TPSA) is 41.1 Å². The maximum absolute atomic E-state index is 12.2. The standard InChI is InChI=1S/C17H20N2O/c1-3-11-18-15-9-10-16(13(2)12-15)17(20)19-14-7-5-4-6-8-14/h4-10,12,18H,3,11H2,1-2H3,(H,19,20). The molecule has 0 unspecified atom stereocenters. The molecule has 1 amide bonds. The van der Waals surface area contributed by atoms with Crippen LogP contribution in [0.1, 0.15) is 29.3 Å². The molecule has 20 heavy (non-hydrogen) atoms. The van der Waals surface area contributed by atoms with E-state index in [9.17, 15) is 4.79 Å². The summed E-state index contributed by atoms with van der Waals surface area (Å²) in [4.78, 5) is 12.2. The van der Waals surface area contributed by atoms with Crippen molar-refractivity contribution in [2.75, 3.05) is 17.2 Å². The molecule has 0 radical (unpaired) electrons. The van der Waals surface area contributed by atoms with Crippen LogP contribution in [0.2, 0.25) is 0 Å². The first-order valence-corrected chi connectivity index (χ1v) is 6.91. The zero-order valence-electron chi connectivity index (χ0n) is 11.9. The molecule has 2 aromatic carbocycles. The summed E-state index contributed by atoms with van der Waals surface area (Å²) in [5.74, 6) is -0.0734. The molecular formula is C17H20N2O.